The molecule has 2 amide bonds. The van der Waals surface area contributed by atoms with Crippen LogP contribution in [0.5, 0.6) is 11.5 Å². The standard InChI is InChI=1S/C22H26N2O6/c1-14(2)12-23-21(26)15-8-5-6-9-16(15)24-19(25)13-30-22(27)20-17(28-3)10-7-11-18(20)29-4/h5-11,14H,12-13H2,1-4H3,(H,23,26)(H,24,25). The molecule has 2 N–H and O–H groups in total. The molecule has 0 spiro atoms. The first-order chi connectivity index (χ1) is 14.4. The van der Waals surface area contributed by atoms with Crippen molar-refractivity contribution >= 4 is 23.5 Å². The van der Waals surface area contributed by atoms with Crippen molar-refractivity contribution in [2.24, 2.45) is 5.92 Å². The van der Waals surface area contributed by atoms with E-state index in [0.717, 1.165) is 0 Å². The van der Waals surface area contributed by atoms with Crippen LogP contribution < -0.4 is 20.1 Å². The maximum absolute atomic E-state index is 12.5. The Balaban J connectivity index is 2.04. The summed E-state index contributed by atoms with van der Waals surface area (Å²) in [5, 5.41) is 5.41. The predicted molar refractivity (Wildman–Crippen MR) is 112 cm³/mol. The third kappa shape index (κ3) is 5.97. The van der Waals surface area contributed by atoms with E-state index < -0.39 is 18.5 Å². The number of ether oxygens (including phenoxy) is 3. The van der Waals surface area contributed by atoms with E-state index in [9.17, 15) is 14.4 Å². The first-order valence-electron chi connectivity index (χ1n) is 9.42. The lowest BCUT2D eigenvalue weighted by Gasteiger charge is -2.14. The van der Waals surface area contributed by atoms with Gasteiger partial charge in [-0.15, -0.1) is 0 Å². The Morgan fingerprint density at radius 2 is 1.57 bits per heavy atom. The van der Waals surface area contributed by atoms with Crippen molar-refractivity contribution in [3.8, 4) is 11.5 Å². The number of rotatable bonds is 9. The van der Waals surface area contributed by atoms with Gasteiger partial charge in [0.15, 0.2) is 6.61 Å². The van der Waals surface area contributed by atoms with Gasteiger partial charge in [0.05, 0.1) is 25.5 Å². The zero-order valence-electron chi connectivity index (χ0n) is 17.5. The van der Waals surface area contributed by atoms with Crippen molar-refractivity contribution in [1.29, 1.82) is 0 Å². The van der Waals surface area contributed by atoms with Crippen molar-refractivity contribution in [2.45, 2.75) is 13.8 Å². The lowest BCUT2D eigenvalue weighted by atomic mass is 10.1. The van der Waals surface area contributed by atoms with Gasteiger partial charge in [-0.1, -0.05) is 32.0 Å². The molecule has 8 nitrogen and oxygen atoms in total. The lowest BCUT2D eigenvalue weighted by molar-refractivity contribution is -0.119. The molecule has 2 aromatic carbocycles. The average Bonchev–Trinajstić information content (AvgIpc) is 2.75. The number of amides is 2. The molecule has 30 heavy (non-hydrogen) atoms. The second-order valence-corrected chi connectivity index (χ2v) is 6.81. The number of esters is 1. The molecule has 8 heteroatoms. The van der Waals surface area contributed by atoms with E-state index in [-0.39, 0.29) is 23.0 Å². The van der Waals surface area contributed by atoms with Gasteiger partial charge < -0.3 is 24.8 Å². The number of nitrogens with one attached hydrogen (secondary N) is 2. The van der Waals surface area contributed by atoms with Crippen LogP contribution in [0.2, 0.25) is 0 Å². The number of hydrogen-bond acceptors (Lipinski definition) is 6. The van der Waals surface area contributed by atoms with Crippen LogP contribution >= 0.6 is 0 Å². The summed E-state index contributed by atoms with van der Waals surface area (Å²) in [6.07, 6.45) is 0. The highest BCUT2D eigenvalue weighted by Crippen LogP contribution is 2.28. The van der Waals surface area contributed by atoms with E-state index in [0.29, 0.717) is 23.7 Å². The summed E-state index contributed by atoms with van der Waals surface area (Å²) in [4.78, 5) is 37.1. The fourth-order valence-corrected chi connectivity index (χ4v) is 2.62. The molecule has 0 heterocycles. The second-order valence-electron chi connectivity index (χ2n) is 6.81. The second kappa shape index (κ2) is 10.8. The van der Waals surface area contributed by atoms with E-state index in [1.165, 1.54) is 14.2 Å². The van der Waals surface area contributed by atoms with Crippen molar-refractivity contribution in [3.63, 3.8) is 0 Å². The van der Waals surface area contributed by atoms with Crippen LogP contribution in [0.15, 0.2) is 42.5 Å². The largest absolute Gasteiger partial charge is 0.496 e. The van der Waals surface area contributed by atoms with Crippen LogP contribution in [0.4, 0.5) is 5.69 Å². The molecule has 0 saturated carbocycles. The Bertz CT molecular complexity index is 888. The minimum atomic E-state index is -0.762. The number of carbonyl (C=O) groups is 3. The minimum absolute atomic E-state index is 0.0868. The highest BCUT2D eigenvalue weighted by molar-refractivity contribution is 6.04. The summed E-state index contributed by atoms with van der Waals surface area (Å²) >= 11 is 0. The highest BCUT2D eigenvalue weighted by atomic mass is 16.5. The Hall–Kier alpha value is -3.55. The summed E-state index contributed by atoms with van der Waals surface area (Å²) in [6.45, 7) is 3.94. The molecule has 0 aliphatic carbocycles. The number of benzene rings is 2. The molecule has 0 bridgehead atoms. The molecule has 0 aromatic heterocycles. The number of hydrogen-bond donors (Lipinski definition) is 2. The van der Waals surface area contributed by atoms with Crippen LogP contribution in [0.25, 0.3) is 0 Å². The molecular formula is C22H26N2O6. The van der Waals surface area contributed by atoms with Crippen molar-refractivity contribution in [3.05, 3.63) is 53.6 Å². The highest BCUT2D eigenvalue weighted by Gasteiger charge is 2.21. The third-order valence-corrected chi connectivity index (χ3v) is 4.08. The number of para-hydroxylation sites is 1. The fraction of sp³-hybridized carbons (Fsp3) is 0.318. The van der Waals surface area contributed by atoms with Gasteiger partial charge in [0.25, 0.3) is 11.8 Å². The van der Waals surface area contributed by atoms with E-state index in [4.69, 9.17) is 14.2 Å². The van der Waals surface area contributed by atoms with E-state index in [1.54, 1.807) is 42.5 Å². The van der Waals surface area contributed by atoms with Gasteiger partial charge >= 0.3 is 5.97 Å². The maximum atomic E-state index is 12.5. The zero-order chi connectivity index (χ0) is 22.1. The maximum Gasteiger partial charge on any atom is 0.346 e. The minimum Gasteiger partial charge on any atom is -0.496 e. The molecule has 0 saturated heterocycles. The lowest BCUT2D eigenvalue weighted by Crippen LogP contribution is -2.29. The van der Waals surface area contributed by atoms with Gasteiger partial charge in [-0.2, -0.15) is 0 Å². The Morgan fingerprint density at radius 3 is 2.17 bits per heavy atom. The summed E-state index contributed by atoms with van der Waals surface area (Å²) < 4.78 is 15.4. The van der Waals surface area contributed by atoms with Gasteiger partial charge in [0, 0.05) is 6.54 Å². The van der Waals surface area contributed by atoms with Crippen molar-refractivity contribution in [2.75, 3.05) is 32.7 Å². The van der Waals surface area contributed by atoms with Gasteiger partial charge in [-0.05, 0) is 30.2 Å². The van der Waals surface area contributed by atoms with E-state index >= 15 is 0 Å². The molecule has 0 fully saturated rings. The molecule has 0 aliphatic rings. The molecular weight excluding hydrogens is 388 g/mol. The molecule has 0 atom stereocenters. The molecule has 2 rings (SSSR count). The molecule has 0 aliphatic heterocycles. The average molecular weight is 414 g/mol. The third-order valence-electron chi connectivity index (χ3n) is 4.08. The number of carbonyl (C=O) groups excluding carboxylic acids is 3. The van der Waals surface area contributed by atoms with Crippen LogP contribution in [0.1, 0.15) is 34.6 Å². The first-order valence-corrected chi connectivity index (χ1v) is 9.42. The van der Waals surface area contributed by atoms with Gasteiger partial charge in [-0.3, -0.25) is 9.59 Å². The molecule has 2 aromatic rings. The SMILES string of the molecule is COc1cccc(OC)c1C(=O)OCC(=O)Nc1ccccc1C(=O)NCC(C)C. The predicted octanol–water partition coefficient (Wildman–Crippen LogP) is 2.89. The molecule has 160 valence electrons. The van der Waals surface area contributed by atoms with Gasteiger partial charge in [-0.25, -0.2) is 4.79 Å². The number of anilines is 1. The van der Waals surface area contributed by atoms with Crippen molar-refractivity contribution in [1.82, 2.24) is 5.32 Å². The van der Waals surface area contributed by atoms with Crippen molar-refractivity contribution < 1.29 is 28.6 Å². The topological polar surface area (TPSA) is 103 Å². The van der Waals surface area contributed by atoms with Gasteiger partial charge in [0.2, 0.25) is 0 Å². The summed E-state index contributed by atoms with van der Waals surface area (Å²) in [5.41, 5.74) is 0.739. The smallest absolute Gasteiger partial charge is 0.346 e. The quantitative estimate of drug-likeness (QED) is 0.612. The van der Waals surface area contributed by atoms with Crippen LogP contribution in [-0.4, -0.2) is 45.2 Å². The summed E-state index contributed by atoms with van der Waals surface area (Å²) in [6, 6.07) is 11.5. The van der Waals surface area contributed by atoms with Crippen LogP contribution in [-0.2, 0) is 9.53 Å². The van der Waals surface area contributed by atoms with E-state index in [2.05, 4.69) is 10.6 Å². The molecule has 0 unspecified atom stereocenters. The summed E-state index contributed by atoms with van der Waals surface area (Å²) in [7, 11) is 2.83. The van der Waals surface area contributed by atoms with Gasteiger partial charge in [0.1, 0.15) is 17.1 Å². The Labute approximate surface area is 175 Å². The van der Waals surface area contributed by atoms with E-state index in [1.807, 2.05) is 13.8 Å². The Morgan fingerprint density at radius 1 is 0.933 bits per heavy atom. The zero-order valence-corrected chi connectivity index (χ0v) is 17.5. The Kier molecular flexibility index (Phi) is 8.22. The fourth-order valence-electron chi connectivity index (χ4n) is 2.62. The first kappa shape index (κ1) is 22.7. The van der Waals surface area contributed by atoms with Crippen LogP contribution in [0.3, 0.4) is 0 Å². The summed E-state index contributed by atoms with van der Waals surface area (Å²) in [5.74, 6) is -0.806. The van der Waals surface area contributed by atoms with Crippen LogP contribution in [0, 0.1) is 5.92 Å². The number of methoxy groups -OCH3 is 2. The monoisotopic (exact) mass is 414 g/mol. The normalized spacial score (nSPS) is 10.3. The molecule has 0 radical (unpaired) electrons.